The van der Waals surface area contributed by atoms with Crippen molar-refractivity contribution in [2.75, 3.05) is 21.3 Å². The fourth-order valence-electron chi connectivity index (χ4n) is 1.36. The Morgan fingerprint density at radius 2 is 2.13 bits per heavy atom. The molecule has 0 bridgehead atoms. The van der Waals surface area contributed by atoms with Gasteiger partial charge in [0.15, 0.2) is 0 Å². The Kier molecular flexibility index (Phi) is 4.12. The standard InChI is InChI=1S/C11H15NO3/c1-12-10(11(13)15-3)8-5-4-6-9(7-8)14-2/h4-7,10,12H,1-3H3/t10-/m1/s1. The lowest BCUT2D eigenvalue weighted by Crippen LogP contribution is -2.26. The molecule has 0 unspecified atom stereocenters. The maximum absolute atomic E-state index is 11.4. The molecule has 0 aliphatic carbocycles. The van der Waals surface area contributed by atoms with Gasteiger partial charge in [0.1, 0.15) is 11.8 Å². The van der Waals surface area contributed by atoms with Crippen LogP contribution < -0.4 is 10.1 Å². The summed E-state index contributed by atoms with van der Waals surface area (Å²) in [6, 6.07) is 6.86. The third kappa shape index (κ3) is 2.70. The second-order valence-corrected chi connectivity index (χ2v) is 3.02. The van der Waals surface area contributed by atoms with Crippen molar-refractivity contribution >= 4 is 5.97 Å². The summed E-state index contributed by atoms with van der Waals surface area (Å²) in [6.45, 7) is 0. The Bertz CT molecular complexity index is 338. The summed E-state index contributed by atoms with van der Waals surface area (Å²) in [4.78, 5) is 11.4. The van der Waals surface area contributed by atoms with E-state index in [9.17, 15) is 4.79 Å². The van der Waals surface area contributed by atoms with Gasteiger partial charge < -0.3 is 14.8 Å². The molecule has 1 aromatic rings. The van der Waals surface area contributed by atoms with Crippen molar-refractivity contribution in [2.24, 2.45) is 0 Å². The molecule has 0 fully saturated rings. The fourth-order valence-corrected chi connectivity index (χ4v) is 1.36. The van der Waals surface area contributed by atoms with Crippen LogP contribution in [0.3, 0.4) is 0 Å². The zero-order chi connectivity index (χ0) is 11.3. The number of hydrogen-bond acceptors (Lipinski definition) is 4. The Morgan fingerprint density at radius 1 is 1.40 bits per heavy atom. The minimum absolute atomic E-state index is 0.314. The zero-order valence-corrected chi connectivity index (χ0v) is 9.11. The Balaban J connectivity index is 2.96. The molecular weight excluding hydrogens is 194 g/mol. The van der Waals surface area contributed by atoms with E-state index in [-0.39, 0.29) is 5.97 Å². The highest BCUT2D eigenvalue weighted by Gasteiger charge is 2.19. The van der Waals surface area contributed by atoms with Gasteiger partial charge in [-0.2, -0.15) is 0 Å². The maximum Gasteiger partial charge on any atom is 0.327 e. The second-order valence-electron chi connectivity index (χ2n) is 3.02. The highest BCUT2D eigenvalue weighted by atomic mass is 16.5. The van der Waals surface area contributed by atoms with Crippen molar-refractivity contribution in [1.29, 1.82) is 0 Å². The van der Waals surface area contributed by atoms with Crippen LogP contribution >= 0.6 is 0 Å². The summed E-state index contributed by atoms with van der Waals surface area (Å²) in [6.07, 6.45) is 0. The van der Waals surface area contributed by atoms with Crippen molar-refractivity contribution in [3.8, 4) is 5.75 Å². The van der Waals surface area contributed by atoms with Gasteiger partial charge in [0.05, 0.1) is 14.2 Å². The molecule has 1 rings (SSSR count). The third-order valence-electron chi connectivity index (χ3n) is 2.15. The first-order valence-corrected chi connectivity index (χ1v) is 4.62. The van der Waals surface area contributed by atoms with E-state index < -0.39 is 6.04 Å². The number of esters is 1. The number of likely N-dealkylation sites (N-methyl/N-ethyl adjacent to an activating group) is 1. The number of hydrogen-bond donors (Lipinski definition) is 1. The first-order valence-electron chi connectivity index (χ1n) is 4.62. The van der Waals surface area contributed by atoms with Crippen molar-refractivity contribution in [3.63, 3.8) is 0 Å². The molecule has 0 radical (unpaired) electrons. The van der Waals surface area contributed by atoms with Crippen LogP contribution in [0.4, 0.5) is 0 Å². The highest BCUT2D eigenvalue weighted by Crippen LogP contribution is 2.19. The molecule has 0 aliphatic heterocycles. The lowest BCUT2D eigenvalue weighted by atomic mass is 10.1. The molecule has 1 atom stereocenters. The number of carbonyl (C=O) groups excluding carboxylic acids is 1. The van der Waals surface area contributed by atoms with E-state index in [0.717, 1.165) is 11.3 Å². The molecule has 0 aliphatic rings. The lowest BCUT2D eigenvalue weighted by molar-refractivity contribution is -0.143. The van der Waals surface area contributed by atoms with Gasteiger partial charge in [-0.1, -0.05) is 12.1 Å². The van der Waals surface area contributed by atoms with E-state index in [1.807, 2.05) is 18.2 Å². The number of methoxy groups -OCH3 is 2. The number of carbonyl (C=O) groups is 1. The van der Waals surface area contributed by atoms with Crippen LogP contribution in [0.25, 0.3) is 0 Å². The highest BCUT2D eigenvalue weighted by molar-refractivity contribution is 5.77. The van der Waals surface area contributed by atoms with Gasteiger partial charge in [-0.25, -0.2) is 4.79 Å². The topological polar surface area (TPSA) is 47.6 Å². The van der Waals surface area contributed by atoms with Crippen LogP contribution in [-0.4, -0.2) is 27.2 Å². The SMILES string of the molecule is CN[C@@H](C(=O)OC)c1cccc(OC)c1. The van der Waals surface area contributed by atoms with Gasteiger partial charge in [0.25, 0.3) is 0 Å². The summed E-state index contributed by atoms with van der Waals surface area (Å²) in [5.41, 5.74) is 0.823. The van der Waals surface area contributed by atoms with Crippen LogP contribution in [0.1, 0.15) is 11.6 Å². The Hall–Kier alpha value is -1.55. The van der Waals surface area contributed by atoms with Crippen molar-refractivity contribution in [3.05, 3.63) is 29.8 Å². The molecule has 0 spiro atoms. The molecule has 0 aromatic heterocycles. The molecule has 0 saturated heterocycles. The van der Waals surface area contributed by atoms with E-state index in [1.54, 1.807) is 20.2 Å². The van der Waals surface area contributed by atoms with Crippen LogP contribution in [-0.2, 0) is 9.53 Å². The summed E-state index contributed by atoms with van der Waals surface area (Å²) in [7, 11) is 4.67. The van der Waals surface area contributed by atoms with Gasteiger partial charge in [-0.15, -0.1) is 0 Å². The lowest BCUT2D eigenvalue weighted by Gasteiger charge is -2.14. The summed E-state index contributed by atoms with van der Waals surface area (Å²) in [5.74, 6) is 0.405. The van der Waals surface area contributed by atoms with E-state index in [4.69, 9.17) is 4.74 Å². The van der Waals surface area contributed by atoms with Crippen LogP contribution in [0.15, 0.2) is 24.3 Å². The zero-order valence-electron chi connectivity index (χ0n) is 9.11. The monoisotopic (exact) mass is 209 g/mol. The van der Waals surface area contributed by atoms with Crippen molar-refractivity contribution < 1.29 is 14.3 Å². The third-order valence-corrected chi connectivity index (χ3v) is 2.15. The predicted octanol–water partition coefficient (Wildman–Crippen LogP) is 1.13. The Morgan fingerprint density at radius 3 is 2.67 bits per heavy atom. The van der Waals surface area contributed by atoms with Crippen molar-refractivity contribution in [2.45, 2.75) is 6.04 Å². The molecule has 4 nitrogen and oxygen atoms in total. The van der Waals surface area contributed by atoms with E-state index in [1.165, 1.54) is 7.11 Å². The molecule has 0 heterocycles. The molecule has 0 amide bonds. The summed E-state index contributed by atoms with van der Waals surface area (Å²) < 4.78 is 9.77. The number of ether oxygens (including phenoxy) is 2. The average molecular weight is 209 g/mol. The van der Waals surface area contributed by atoms with Gasteiger partial charge in [0.2, 0.25) is 0 Å². The quantitative estimate of drug-likeness (QED) is 0.755. The van der Waals surface area contributed by atoms with Crippen LogP contribution in [0, 0.1) is 0 Å². The minimum Gasteiger partial charge on any atom is -0.497 e. The largest absolute Gasteiger partial charge is 0.497 e. The molecule has 0 saturated carbocycles. The van der Waals surface area contributed by atoms with Crippen molar-refractivity contribution in [1.82, 2.24) is 5.32 Å². The van der Waals surface area contributed by atoms with E-state index in [0.29, 0.717) is 0 Å². The summed E-state index contributed by atoms with van der Waals surface area (Å²) >= 11 is 0. The smallest absolute Gasteiger partial charge is 0.327 e. The normalized spacial score (nSPS) is 11.9. The first-order chi connectivity index (χ1) is 7.22. The Labute approximate surface area is 89.2 Å². The second kappa shape index (κ2) is 5.36. The molecule has 1 N–H and O–H groups in total. The average Bonchev–Trinajstić information content (AvgIpc) is 2.30. The predicted molar refractivity (Wildman–Crippen MR) is 56.8 cm³/mol. The maximum atomic E-state index is 11.4. The molecule has 1 aromatic carbocycles. The van der Waals surface area contributed by atoms with Gasteiger partial charge in [-0.3, -0.25) is 0 Å². The van der Waals surface area contributed by atoms with Gasteiger partial charge in [-0.05, 0) is 24.7 Å². The van der Waals surface area contributed by atoms with E-state index in [2.05, 4.69) is 10.1 Å². The number of benzene rings is 1. The number of nitrogens with one attached hydrogen (secondary N) is 1. The molecule has 82 valence electrons. The molecular formula is C11H15NO3. The summed E-state index contributed by atoms with van der Waals surface area (Å²) in [5, 5.41) is 2.89. The minimum atomic E-state index is -0.454. The molecule has 15 heavy (non-hydrogen) atoms. The number of rotatable bonds is 4. The van der Waals surface area contributed by atoms with Crippen LogP contribution in [0.2, 0.25) is 0 Å². The van der Waals surface area contributed by atoms with Gasteiger partial charge in [0, 0.05) is 0 Å². The van der Waals surface area contributed by atoms with Gasteiger partial charge >= 0.3 is 5.97 Å². The van der Waals surface area contributed by atoms with Crippen LogP contribution in [0.5, 0.6) is 5.75 Å². The fraction of sp³-hybridized carbons (Fsp3) is 0.364. The molecule has 4 heteroatoms. The van der Waals surface area contributed by atoms with E-state index >= 15 is 0 Å². The first kappa shape index (κ1) is 11.5.